The largest absolute Gasteiger partial charge is 0.480 e. The van der Waals surface area contributed by atoms with Crippen LogP contribution in [0.4, 0.5) is 0 Å². The summed E-state index contributed by atoms with van der Waals surface area (Å²) in [6.07, 6.45) is -0.00590. The molecule has 0 aromatic rings. The lowest BCUT2D eigenvalue weighted by Crippen LogP contribution is -2.49. The quantitative estimate of drug-likeness (QED) is 0.529. The van der Waals surface area contributed by atoms with Crippen molar-refractivity contribution < 1.29 is 24.5 Å². The number of carbonyl (C=O) groups is 2. The van der Waals surface area contributed by atoms with Crippen LogP contribution in [0.25, 0.3) is 0 Å². The van der Waals surface area contributed by atoms with E-state index in [4.69, 9.17) is 4.74 Å². The van der Waals surface area contributed by atoms with Crippen LogP contribution in [0.1, 0.15) is 54.4 Å². The van der Waals surface area contributed by atoms with Crippen molar-refractivity contribution in [3.63, 3.8) is 0 Å². The molecular weight excluding hydrogens is 260 g/mol. The lowest BCUT2D eigenvalue weighted by molar-refractivity contribution is -0.176. The predicted octanol–water partition coefficient (Wildman–Crippen LogP) is 2.46. The molecule has 0 fully saturated rings. The SMILES string of the molecule is CCOC(=O)C(CC(C)C)(CC(C)(O)C(C)C)C(=O)O. The first-order valence-electron chi connectivity index (χ1n) is 7.12. The van der Waals surface area contributed by atoms with Gasteiger partial charge in [0.2, 0.25) is 0 Å². The van der Waals surface area contributed by atoms with Gasteiger partial charge in [-0.1, -0.05) is 27.7 Å². The van der Waals surface area contributed by atoms with E-state index in [0.29, 0.717) is 0 Å². The van der Waals surface area contributed by atoms with Crippen molar-refractivity contribution in [1.82, 2.24) is 0 Å². The van der Waals surface area contributed by atoms with Gasteiger partial charge in [0, 0.05) is 6.42 Å². The summed E-state index contributed by atoms with van der Waals surface area (Å²) in [5.41, 5.74) is -2.95. The molecule has 20 heavy (non-hydrogen) atoms. The molecule has 0 saturated carbocycles. The zero-order valence-corrected chi connectivity index (χ0v) is 13.4. The molecule has 0 aromatic heterocycles. The fourth-order valence-corrected chi connectivity index (χ4v) is 2.26. The molecule has 0 radical (unpaired) electrons. The van der Waals surface area contributed by atoms with Gasteiger partial charge in [-0.05, 0) is 32.1 Å². The highest BCUT2D eigenvalue weighted by atomic mass is 16.5. The second-order valence-corrected chi connectivity index (χ2v) is 6.39. The number of hydrogen-bond donors (Lipinski definition) is 2. The molecule has 118 valence electrons. The fourth-order valence-electron chi connectivity index (χ4n) is 2.26. The minimum atomic E-state index is -1.70. The number of carboxylic acid groups (broad SMARTS) is 1. The fraction of sp³-hybridized carbons (Fsp3) is 0.867. The standard InChI is InChI=1S/C15H28O5/c1-7-20-13(18)15(12(16)17,8-10(2)3)9-14(6,19)11(4)5/h10-11,19H,7-9H2,1-6H3,(H,16,17). The second kappa shape index (κ2) is 7.07. The highest BCUT2D eigenvalue weighted by Gasteiger charge is 2.52. The maximum atomic E-state index is 12.2. The first-order chi connectivity index (χ1) is 8.99. The Balaban J connectivity index is 5.63. The lowest BCUT2D eigenvalue weighted by Gasteiger charge is -2.37. The Kier molecular flexibility index (Phi) is 6.68. The van der Waals surface area contributed by atoms with E-state index in [1.807, 2.05) is 13.8 Å². The van der Waals surface area contributed by atoms with E-state index in [0.717, 1.165) is 0 Å². The molecule has 0 saturated heterocycles. The maximum Gasteiger partial charge on any atom is 0.323 e. The van der Waals surface area contributed by atoms with E-state index in [1.54, 1.807) is 27.7 Å². The summed E-state index contributed by atoms with van der Waals surface area (Å²) in [5.74, 6) is -2.16. The van der Waals surface area contributed by atoms with Gasteiger partial charge in [-0.2, -0.15) is 0 Å². The highest BCUT2D eigenvalue weighted by Crippen LogP contribution is 2.39. The first-order valence-corrected chi connectivity index (χ1v) is 7.12. The lowest BCUT2D eigenvalue weighted by atomic mass is 9.70. The molecule has 0 rings (SSSR count). The van der Waals surface area contributed by atoms with Gasteiger partial charge >= 0.3 is 11.9 Å². The number of rotatable bonds is 8. The van der Waals surface area contributed by atoms with Gasteiger partial charge in [0.1, 0.15) is 0 Å². The van der Waals surface area contributed by atoms with Gasteiger partial charge in [-0.15, -0.1) is 0 Å². The third-order valence-corrected chi connectivity index (χ3v) is 3.74. The smallest absolute Gasteiger partial charge is 0.323 e. The third-order valence-electron chi connectivity index (χ3n) is 3.74. The monoisotopic (exact) mass is 288 g/mol. The number of aliphatic hydroxyl groups is 1. The molecule has 2 N–H and O–H groups in total. The minimum Gasteiger partial charge on any atom is -0.480 e. The van der Waals surface area contributed by atoms with Gasteiger partial charge in [-0.3, -0.25) is 9.59 Å². The zero-order valence-electron chi connectivity index (χ0n) is 13.4. The first kappa shape index (κ1) is 18.9. The second-order valence-electron chi connectivity index (χ2n) is 6.39. The van der Waals surface area contributed by atoms with E-state index >= 15 is 0 Å². The van der Waals surface area contributed by atoms with Crippen LogP contribution in [-0.4, -0.2) is 34.4 Å². The van der Waals surface area contributed by atoms with Crippen molar-refractivity contribution in [2.75, 3.05) is 6.61 Å². The zero-order chi connectivity index (χ0) is 16.1. The third kappa shape index (κ3) is 4.47. The van der Waals surface area contributed by atoms with E-state index in [1.165, 1.54) is 0 Å². The topological polar surface area (TPSA) is 83.8 Å². The summed E-state index contributed by atoms with van der Waals surface area (Å²) in [6.45, 7) is 10.6. The highest BCUT2D eigenvalue weighted by molar-refractivity contribution is 5.99. The average molecular weight is 288 g/mol. The van der Waals surface area contributed by atoms with Gasteiger partial charge in [-0.25, -0.2) is 0 Å². The van der Waals surface area contributed by atoms with Crippen LogP contribution in [0.3, 0.4) is 0 Å². The van der Waals surface area contributed by atoms with Crippen LogP contribution in [0.15, 0.2) is 0 Å². The van der Waals surface area contributed by atoms with Crippen LogP contribution in [0.5, 0.6) is 0 Å². The Hall–Kier alpha value is -1.10. The van der Waals surface area contributed by atoms with Crippen molar-refractivity contribution in [2.24, 2.45) is 17.3 Å². The summed E-state index contributed by atoms with van der Waals surface area (Å²) in [5, 5.41) is 20.0. The van der Waals surface area contributed by atoms with E-state index in [-0.39, 0.29) is 31.3 Å². The van der Waals surface area contributed by atoms with Crippen molar-refractivity contribution >= 4 is 11.9 Å². The Labute approximate surface area is 121 Å². The molecule has 0 aliphatic carbocycles. The van der Waals surface area contributed by atoms with E-state index < -0.39 is 23.0 Å². The Morgan fingerprint density at radius 3 is 2.00 bits per heavy atom. The van der Waals surface area contributed by atoms with Crippen LogP contribution in [0, 0.1) is 17.3 Å². The molecule has 2 atom stereocenters. The van der Waals surface area contributed by atoms with Gasteiger partial charge < -0.3 is 14.9 Å². The molecule has 0 aliphatic rings. The number of ether oxygens (including phenoxy) is 1. The van der Waals surface area contributed by atoms with Crippen LogP contribution in [0.2, 0.25) is 0 Å². The Morgan fingerprint density at radius 2 is 1.70 bits per heavy atom. The van der Waals surface area contributed by atoms with Crippen molar-refractivity contribution in [1.29, 1.82) is 0 Å². The summed E-state index contributed by atoms with van der Waals surface area (Å²) in [4.78, 5) is 24.0. The summed E-state index contributed by atoms with van der Waals surface area (Å²) >= 11 is 0. The molecule has 5 nitrogen and oxygen atoms in total. The average Bonchev–Trinajstić information content (AvgIpc) is 2.26. The summed E-state index contributed by atoms with van der Waals surface area (Å²) < 4.78 is 4.96. The summed E-state index contributed by atoms with van der Waals surface area (Å²) in [7, 11) is 0. The molecule has 0 aromatic carbocycles. The van der Waals surface area contributed by atoms with E-state index in [9.17, 15) is 19.8 Å². The Morgan fingerprint density at radius 1 is 1.20 bits per heavy atom. The van der Waals surface area contributed by atoms with Gasteiger partial charge in [0.25, 0.3) is 0 Å². The van der Waals surface area contributed by atoms with Crippen molar-refractivity contribution in [3.8, 4) is 0 Å². The maximum absolute atomic E-state index is 12.2. The van der Waals surface area contributed by atoms with Gasteiger partial charge in [0.05, 0.1) is 12.2 Å². The molecule has 2 unspecified atom stereocenters. The number of carbonyl (C=O) groups excluding carboxylic acids is 1. The van der Waals surface area contributed by atoms with E-state index in [2.05, 4.69) is 0 Å². The molecule has 0 aliphatic heterocycles. The summed E-state index contributed by atoms with van der Waals surface area (Å²) in [6, 6.07) is 0. The molecule has 0 bridgehead atoms. The van der Waals surface area contributed by atoms with Crippen LogP contribution in [-0.2, 0) is 14.3 Å². The number of esters is 1. The number of hydrogen-bond acceptors (Lipinski definition) is 4. The van der Waals surface area contributed by atoms with Gasteiger partial charge in [0.15, 0.2) is 5.41 Å². The molecule has 0 spiro atoms. The molecule has 0 amide bonds. The number of aliphatic carboxylic acids is 1. The van der Waals surface area contributed by atoms with Crippen LogP contribution < -0.4 is 0 Å². The van der Waals surface area contributed by atoms with Crippen LogP contribution >= 0.6 is 0 Å². The number of carboxylic acids is 1. The Bertz CT molecular complexity index is 346. The predicted molar refractivity (Wildman–Crippen MR) is 76.2 cm³/mol. The molecule has 5 heteroatoms. The minimum absolute atomic E-state index is 0.00142. The van der Waals surface area contributed by atoms with Crippen molar-refractivity contribution in [3.05, 3.63) is 0 Å². The normalized spacial score (nSPS) is 17.6. The van der Waals surface area contributed by atoms with Crippen molar-refractivity contribution in [2.45, 2.75) is 60.0 Å². The molecule has 0 heterocycles. The molecular formula is C15H28O5.